The van der Waals surface area contributed by atoms with Gasteiger partial charge in [0.05, 0.1) is 6.54 Å². The van der Waals surface area contributed by atoms with E-state index in [0.29, 0.717) is 5.82 Å². The van der Waals surface area contributed by atoms with Gasteiger partial charge in [-0.15, -0.1) is 0 Å². The smallest absolute Gasteiger partial charge is 0.134 e. The lowest BCUT2D eigenvalue weighted by atomic mass is 10.5. The van der Waals surface area contributed by atoms with Crippen LogP contribution in [0, 0.1) is 0 Å². The van der Waals surface area contributed by atoms with Crippen LogP contribution in [0.3, 0.4) is 0 Å². The Morgan fingerprint density at radius 3 is 2.86 bits per heavy atom. The lowest BCUT2D eigenvalue weighted by Gasteiger charge is -2.05. The number of aliphatic hydroxyl groups excluding tert-OH is 1. The molecule has 2 aromatic heterocycles. The number of nitrogens with zero attached hydrogens (tertiary/aromatic N) is 4. The SMILES string of the molecule is OCc1nccn1CCn1cccn1. The summed E-state index contributed by atoms with van der Waals surface area (Å²) in [5.74, 6) is 0.692. The van der Waals surface area contributed by atoms with Crippen molar-refractivity contribution in [1.29, 1.82) is 0 Å². The highest BCUT2D eigenvalue weighted by molar-refractivity contribution is 4.90. The predicted molar refractivity (Wildman–Crippen MR) is 50.4 cm³/mol. The van der Waals surface area contributed by atoms with E-state index in [2.05, 4.69) is 10.1 Å². The van der Waals surface area contributed by atoms with Crippen LogP contribution in [0.25, 0.3) is 0 Å². The Balaban J connectivity index is 1.98. The molecule has 0 bridgehead atoms. The van der Waals surface area contributed by atoms with Gasteiger partial charge in [-0.25, -0.2) is 4.98 Å². The molecule has 2 aromatic rings. The quantitative estimate of drug-likeness (QED) is 0.756. The highest BCUT2D eigenvalue weighted by Gasteiger charge is 2.00. The van der Waals surface area contributed by atoms with Gasteiger partial charge >= 0.3 is 0 Å². The van der Waals surface area contributed by atoms with Crippen LogP contribution in [-0.4, -0.2) is 24.4 Å². The Morgan fingerprint density at radius 1 is 1.21 bits per heavy atom. The number of aromatic nitrogens is 4. The molecule has 0 aromatic carbocycles. The van der Waals surface area contributed by atoms with Crippen LogP contribution in [0.4, 0.5) is 0 Å². The third kappa shape index (κ3) is 1.82. The monoisotopic (exact) mass is 192 g/mol. The van der Waals surface area contributed by atoms with Crippen molar-refractivity contribution in [3.05, 3.63) is 36.7 Å². The molecule has 0 spiro atoms. The summed E-state index contributed by atoms with van der Waals surface area (Å²) in [5, 5.41) is 13.1. The lowest BCUT2D eigenvalue weighted by Crippen LogP contribution is -2.09. The molecule has 14 heavy (non-hydrogen) atoms. The maximum Gasteiger partial charge on any atom is 0.134 e. The molecular formula is C9H12N4O. The van der Waals surface area contributed by atoms with Crippen molar-refractivity contribution in [2.75, 3.05) is 0 Å². The zero-order valence-corrected chi connectivity index (χ0v) is 7.74. The van der Waals surface area contributed by atoms with Crippen molar-refractivity contribution in [1.82, 2.24) is 19.3 Å². The zero-order chi connectivity index (χ0) is 9.80. The molecule has 0 atom stereocenters. The second kappa shape index (κ2) is 4.06. The minimum absolute atomic E-state index is 0.0217. The van der Waals surface area contributed by atoms with E-state index in [-0.39, 0.29) is 6.61 Å². The fraction of sp³-hybridized carbons (Fsp3) is 0.333. The molecule has 0 saturated carbocycles. The maximum absolute atomic E-state index is 8.96. The Kier molecular flexibility index (Phi) is 2.60. The summed E-state index contributed by atoms with van der Waals surface area (Å²) in [4.78, 5) is 4.02. The number of hydrogen-bond donors (Lipinski definition) is 1. The van der Waals surface area contributed by atoms with Crippen LogP contribution in [0.1, 0.15) is 5.82 Å². The van der Waals surface area contributed by atoms with Gasteiger partial charge in [0.2, 0.25) is 0 Å². The first-order valence-corrected chi connectivity index (χ1v) is 4.48. The van der Waals surface area contributed by atoms with Crippen molar-refractivity contribution in [3.63, 3.8) is 0 Å². The van der Waals surface area contributed by atoms with Crippen LogP contribution in [0.2, 0.25) is 0 Å². The molecule has 0 amide bonds. The highest BCUT2D eigenvalue weighted by atomic mass is 16.3. The van der Waals surface area contributed by atoms with Crippen LogP contribution >= 0.6 is 0 Å². The van der Waals surface area contributed by atoms with Crippen LogP contribution < -0.4 is 0 Å². The summed E-state index contributed by atoms with van der Waals surface area (Å²) in [5.41, 5.74) is 0. The van der Waals surface area contributed by atoms with Gasteiger partial charge < -0.3 is 9.67 Å². The van der Waals surface area contributed by atoms with Gasteiger partial charge in [0.1, 0.15) is 12.4 Å². The van der Waals surface area contributed by atoms with Crippen LogP contribution in [-0.2, 0) is 19.7 Å². The molecule has 2 rings (SSSR count). The fourth-order valence-corrected chi connectivity index (χ4v) is 1.34. The summed E-state index contributed by atoms with van der Waals surface area (Å²) in [6.07, 6.45) is 7.21. The van der Waals surface area contributed by atoms with Crippen molar-refractivity contribution in [2.45, 2.75) is 19.7 Å². The third-order valence-electron chi connectivity index (χ3n) is 2.07. The number of aryl methyl sites for hydroxylation is 2. The molecule has 0 radical (unpaired) electrons. The first-order chi connectivity index (χ1) is 6.90. The average Bonchev–Trinajstić information content (AvgIpc) is 2.85. The molecule has 5 heteroatoms. The first kappa shape index (κ1) is 8.96. The maximum atomic E-state index is 8.96. The van der Waals surface area contributed by atoms with E-state index in [4.69, 9.17) is 5.11 Å². The molecular weight excluding hydrogens is 180 g/mol. The Bertz CT molecular complexity index is 379. The van der Waals surface area contributed by atoms with Crippen molar-refractivity contribution >= 4 is 0 Å². The molecule has 0 fully saturated rings. The number of imidazole rings is 1. The largest absolute Gasteiger partial charge is 0.388 e. The van der Waals surface area contributed by atoms with Gasteiger partial charge in [0.25, 0.3) is 0 Å². The zero-order valence-electron chi connectivity index (χ0n) is 7.74. The van der Waals surface area contributed by atoms with Gasteiger partial charge in [0.15, 0.2) is 0 Å². The highest BCUT2D eigenvalue weighted by Crippen LogP contribution is 1.98. The molecule has 0 unspecified atom stereocenters. The van der Waals surface area contributed by atoms with Gasteiger partial charge in [-0.1, -0.05) is 0 Å². The number of aliphatic hydroxyl groups is 1. The minimum atomic E-state index is -0.0217. The predicted octanol–water partition coefficient (Wildman–Crippen LogP) is 0.272. The molecule has 0 aliphatic carbocycles. The van der Waals surface area contributed by atoms with Gasteiger partial charge in [-0.3, -0.25) is 4.68 Å². The Labute approximate surface area is 81.6 Å². The lowest BCUT2D eigenvalue weighted by molar-refractivity contribution is 0.264. The van der Waals surface area contributed by atoms with E-state index in [1.165, 1.54) is 0 Å². The number of rotatable bonds is 4. The minimum Gasteiger partial charge on any atom is -0.388 e. The molecule has 2 heterocycles. The van der Waals surface area contributed by atoms with E-state index in [1.807, 2.05) is 27.7 Å². The topological polar surface area (TPSA) is 55.9 Å². The van der Waals surface area contributed by atoms with Gasteiger partial charge in [0, 0.05) is 31.3 Å². The molecule has 74 valence electrons. The summed E-state index contributed by atoms with van der Waals surface area (Å²) in [6.45, 7) is 1.54. The fourth-order valence-electron chi connectivity index (χ4n) is 1.34. The summed E-state index contributed by atoms with van der Waals surface area (Å²) >= 11 is 0. The number of hydrogen-bond acceptors (Lipinski definition) is 3. The molecule has 5 nitrogen and oxygen atoms in total. The second-order valence-corrected chi connectivity index (χ2v) is 2.96. The Hall–Kier alpha value is -1.62. The van der Waals surface area contributed by atoms with E-state index in [0.717, 1.165) is 13.1 Å². The van der Waals surface area contributed by atoms with Crippen molar-refractivity contribution in [2.24, 2.45) is 0 Å². The molecule has 0 aliphatic heterocycles. The summed E-state index contributed by atoms with van der Waals surface area (Å²) in [7, 11) is 0. The molecule has 0 saturated heterocycles. The summed E-state index contributed by atoms with van der Waals surface area (Å²) in [6, 6.07) is 1.89. The molecule has 1 N–H and O–H groups in total. The molecule has 0 aliphatic rings. The standard InChI is InChI=1S/C9H12N4O/c14-8-9-10-3-5-12(9)6-7-13-4-1-2-11-13/h1-5,14H,6-8H2. The average molecular weight is 192 g/mol. The van der Waals surface area contributed by atoms with Crippen LogP contribution in [0.15, 0.2) is 30.9 Å². The first-order valence-electron chi connectivity index (χ1n) is 4.48. The third-order valence-corrected chi connectivity index (χ3v) is 2.07. The second-order valence-electron chi connectivity index (χ2n) is 2.96. The van der Waals surface area contributed by atoms with E-state index in [9.17, 15) is 0 Å². The van der Waals surface area contributed by atoms with E-state index >= 15 is 0 Å². The van der Waals surface area contributed by atoms with Gasteiger partial charge in [-0.2, -0.15) is 5.10 Å². The van der Waals surface area contributed by atoms with E-state index in [1.54, 1.807) is 12.4 Å². The van der Waals surface area contributed by atoms with Crippen LogP contribution in [0.5, 0.6) is 0 Å². The normalized spacial score (nSPS) is 10.6. The van der Waals surface area contributed by atoms with E-state index < -0.39 is 0 Å². The van der Waals surface area contributed by atoms with Gasteiger partial charge in [-0.05, 0) is 6.07 Å². The summed E-state index contributed by atoms with van der Waals surface area (Å²) < 4.78 is 3.77. The Morgan fingerprint density at radius 2 is 2.14 bits per heavy atom. The van der Waals surface area contributed by atoms with Crippen molar-refractivity contribution < 1.29 is 5.11 Å². The van der Waals surface area contributed by atoms with Crippen molar-refractivity contribution in [3.8, 4) is 0 Å².